The van der Waals surface area contributed by atoms with E-state index >= 15 is 0 Å². The number of nitro groups is 1. The summed E-state index contributed by atoms with van der Waals surface area (Å²) >= 11 is 0. The molecule has 0 aliphatic rings. The highest BCUT2D eigenvalue weighted by molar-refractivity contribution is 5.66. The Morgan fingerprint density at radius 3 is 2.55 bits per heavy atom. The summed E-state index contributed by atoms with van der Waals surface area (Å²) in [6, 6.07) is 1.98. The van der Waals surface area contributed by atoms with Crippen molar-refractivity contribution in [2.75, 3.05) is 12.4 Å². The molecule has 0 unspecified atom stereocenters. The molecule has 1 aromatic carbocycles. The van der Waals surface area contributed by atoms with Crippen LogP contribution >= 0.6 is 0 Å². The maximum atomic E-state index is 13.5. The summed E-state index contributed by atoms with van der Waals surface area (Å²) < 4.78 is 18.5. The van der Waals surface area contributed by atoms with E-state index < -0.39 is 16.4 Å². The zero-order valence-corrected chi connectivity index (χ0v) is 10.8. The lowest BCUT2D eigenvalue weighted by atomic mass is 10.2. The SMILES string of the molecule is COc1cc(F)c([N+](=O)[O-])cc1Nc1ncc(C)cn1. The standard InChI is InChI=1S/C12H11FN4O3/c1-7-5-14-12(15-6-7)16-9-4-10(17(18)19)8(13)3-11(9)20-2/h3-6H,1-2H3,(H,14,15,16). The van der Waals surface area contributed by atoms with Gasteiger partial charge in [0.2, 0.25) is 11.8 Å². The molecular weight excluding hydrogens is 267 g/mol. The molecule has 0 spiro atoms. The van der Waals surface area contributed by atoms with E-state index in [0.717, 1.165) is 17.7 Å². The van der Waals surface area contributed by atoms with Crippen molar-refractivity contribution in [3.8, 4) is 5.75 Å². The van der Waals surface area contributed by atoms with E-state index in [4.69, 9.17) is 4.74 Å². The first kappa shape index (κ1) is 13.7. The first-order chi connectivity index (χ1) is 9.51. The molecule has 0 radical (unpaired) electrons. The molecule has 0 saturated carbocycles. The number of hydrogen-bond acceptors (Lipinski definition) is 6. The summed E-state index contributed by atoms with van der Waals surface area (Å²) in [5.41, 5.74) is 0.428. The number of nitrogens with zero attached hydrogens (tertiary/aromatic N) is 3. The first-order valence-electron chi connectivity index (χ1n) is 5.59. The van der Waals surface area contributed by atoms with Gasteiger partial charge in [-0.1, -0.05) is 0 Å². The number of methoxy groups -OCH3 is 1. The summed E-state index contributed by atoms with van der Waals surface area (Å²) in [5, 5.41) is 13.5. The van der Waals surface area contributed by atoms with Gasteiger partial charge in [-0.05, 0) is 12.5 Å². The molecule has 0 bridgehead atoms. The van der Waals surface area contributed by atoms with Gasteiger partial charge < -0.3 is 10.1 Å². The first-order valence-corrected chi connectivity index (χ1v) is 5.59. The third-order valence-corrected chi connectivity index (χ3v) is 2.49. The van der Waals surface area contributed by atoms with Crippen molar-refractivity contribution in [1.29, 1.82) is 0 Å². The van der Waals surface area contributed by atoms with Crippen molar-refractivity contribution in [2.24, 2.45) is 0 Å². The van der Waals surface area contributed by atoms with Crippen LogP contribution in [0.5, 0.6) is 5.75 Å². The molecule has 1 heterocycles. The minimum absolute atomic E-state index is 0.122. The van der Waals surface area contributed by atoms with E-state index in [9.17, 15) is 14.5 Å². The van der Waals surface area contributed by atoms with Gasteiger partial charge in [0, 0.05) is 24.5 Å². The van der Waals surface area contributed by atoms with Crippen LogP contribution in [0.15, 0.2) is 24.5 Å². The Kier molecular flexibility index (Phi) is 3.74. The molecule has 104 valence electrons. The number of rotatable bonds is 4. The second kappa shape index (κ2) is 5.47. The Labute approximate surface area is 113 Å². The van der Waals surface area contributed by atoms with Gasteiger partial charge in [0.1, 0.15) is 5.75 Å². The van der Waals surface area contributed by atoms with Gasteiger partial charge >= 0.3 is 5.69 Å². The number of hydrogen-bond donors (Lipinski definition) is 1. The van der Waals surface area contributed by atoms with Crippen molar-refractivity contribution in [3.05, 3.63) is 46.0 Å². The Hall–Kier alpha value is -2.77. The summed E-state index contributed by atoms with van der Waals surface area (Å²) in [6.07, 6.45) is 3.17. The molecule has 0 aliphatic heterocycles. The molecule has 1 aromatic heterocycles. The van der Waals surface area contributed by atoms with Crippen molar-refractivity contribution in [1.82, 2.24) is 9.97 Å². The van der Waals surface area contributed by atoms with E-state index in [-0.39, 0.29) is 17.4 Å². The topological polar surface area (TPSA) is 90.2 Å². The van der Waals surface area contributed by atoms with Crippen molar-refractivity contribution >= 4 is 17.3 Å². The molecule has 1 N–H and O–H groups in total. The number of ether oxygens (including phenoxy) is 1. The van der Waals surface area contributed by atoms with Crippen LogP contribution in [0.4, 0.5) is 21.7 Å². The number of aromatic nitrogens is 2. The average Bonchev–Trinajstić information content (AvgIpc) is 2.42. The van der Waals surface area contributed by atoms with E-state index in [1.807, 2.05) is 6.92 Å². The van der Waals surface area contributed by atoms with Crippen molar-refractivity contribution < 1.29 is 14.1 Å². The van der Waals surface area contributed by atoms with E-state index in [1.165, 1.54) is 7.11 Å². The molecule has 0 saturated heterocycles. The van der Waals surface area contributed by atoms with Crippen molar-refractivity contribution in [2.45, 2.75) is 6.92 Å². The van der Waals surface area contributed by atoms with Crippen LogP contribution in [0, 0.1) is 22.9 Å². The van der Waals surface area contributed by atoms with E-state index in [1.54, 1.807) is 12.4 Å². The zero-order chi connectivity index (χ0) is 14.7. The summed E-state index contributed by atoms with van der Waals surface area (Å²) in [6.45, 7) is 1.83. The van der Waals surface area contributed by atoms with Crippen LogP contribution in [0.3, 0.4) is 0 Å². The van der Waals surface area contributed by atoms with Crippen LogP contribution in [-0.4, -0.2) is 22.0 Å². The minimum atomic E-state index is -0.970. The molecule has 8 heteroatoms. The number of halogens is 1. The van der Waals surface area contributed by atoms with Crippen LogP contribution in [0.25, 0.3) is 0 Å². The van der Waals surface area contributed by atoms with Crippen molar-refractivity contribution in [3.63, 3.8) is 0 Å². The normalized spacial score (nSPS) is 10.2. The Morgan fingerprint density at radius 2 is 2.00 bits per heavy atom. The smallest absolute Gasteiger partial charge is 0.307 e. The summed E-state index contributed by atoms with van der Waals surface area (Å²) in [4.78, 5) is 17.9. The fourth-order valence-electron chi connectivity index (χ4n) is 1.53. The third kappa shape index (κ3) is 2.79. The molecule has 0 atom stereocenters. The number of benzene rings is 1. The summed E-state index contributed by atoms with van der Waals surface area (Å²) in [5.74, 6) is -0.616. The highest BCUT2D eigenvalue weighted by Gasteiger charge is 2.19. The van der Waals surface area contributed by atoms with Crippen LogP contribution in [0.1, 0.15) is 5.56 Å². The average molecular weight is 278 g/mol. The van der Waals surface area contributed by atoms with Gasteiger partial charge in [0.15, 0.2) is 0 Å². The van der Waals surface area contributed by atoms with Gasteiger partial charge in [-0.3, -0.25) is 10.1 Å². The molecule has 2 aromatic rings. The van der Waals surface area contributed by atoms with E-state index in [0.29, 0.717) is 0 Å². The maximum absolute atomic E-state index is 13.5. The minimum Gasteiger partial charge on any atom is -0.494 e. The highest BCUT2D eigenvalue weighted by Crippen LogP contribution is 2.32. The lowest BCUT2D eigenvalue weighted by molar-refractivity contribution is -0.387. The molecule has 2 rings (SSSR count). The molecule has 7 nitrogen and oxygen atoms in total. The Balaban J connectivity index is 2.41. The van der Waals surface area contributed by atoms with Crippen LogP contribution in [0.2, 0.25) is 0 Å². The number of anilines is 2. The predicted octanol–water partition coefficient (Wildman–Crippen LogP) is 2.58. The summed E-state index contributed by atoms with van der Waals surface area (Å²) in [7, 11) is 1.34. The fourth-order valence-corrected chi connectivity index (χ4v) is 1.53. The Morgan fingerprint density at radius 1 is 1.35 bits per heavy atom. The van der Waals surface area contributed by atoms with Gasteiger partial charge in [-0.25, -0.2) is 9.97 Å². The van der Waals surface area contributed by atoms with Gasteiger partial charge in [0.25, 0.3) is 0 Å². The third-order valence-electron chi connectivity index (χ3n) is 2.49. The molecule has 0 fully saturated rings. The molecule has 0 amide bonds. The van der Waals surface area contributed by atoms with E-state index in [2.05, 4.69) is 15.3 Å². The fraction of sp³-hybridized carbons (Fsp3) is 0.167. The number of nitrogens with one attached hydrogen (secondary N) is 1. The van der Waals surface area contributed by atoms with Crippen LogP contribution < -0.4 is 10.1 Å². The highest BCUT2D eigenvalue weighted by atomic mass is 19.1. The monoisotopic (exact) mass is 278 g/mol. The lowest BCUT2D eigenvalue weighted by Gasteiger charge is -2.10. The Bertz CT molecular complexity index is 646. The molecular formula is C12H11FN4O3. The number of nitro benzene ring substituents is 1. The predicted molar refractivity (Wildman–Crippen MR) is 69.7 cm³/mol. The van der Waals surface area contributed by atoms with Gasteiger partial charge in [-0.2, -0.15) is 4.39 Å². The molecule has 20 heavy (non-hydrogen) atoms. The quantitative estimate of drug-likeness (QED) is 0.682. The molecule has 0 aliphatic carbocycles. The van der Waals surface area contributed by atoms with Gasteiger partial charge in [-0.15, -0.1) is 0 Å². The van der Waals surface area contributed by atoms with Gasteiger partial charge in [0.05, 0.1) is 17.7 Å². The lowest BCUT2D eigenvalue weighted by Crippen LogP contribution is -2.02. The van der Waals surface area contributed by atoms with Crippen LogP contribution in [-0.2, 0) is 0 Å². The number of aryl methyl sites for hydroxylation is 1. The second-order valence-electron chi connectivity index (χ2n) is 3.97. The maximum Gasteiger partial charge on any atom is 0.307 e. The largest absolute Gasteiger partial charge is 0.494 e. The second-order valence-corrected chi connectivity index (χ2v) is 3.97. The zero-order valence-electron chi connectivity index (χ0n) is 10.8.